The lowest BCUT2D eigenvalue weighted by molar-refractivity contribution is 0.733. The van der Waals surface area contributed by atoms with Crippen molar-refractivity contribution >= 4 is 0 Å². The summed E-state index contributed by atoms with van der Waals surface area (Å²) in [5, 5.41) is 0. The lowest BCUT2D eigenvalue weighted by atomic mass is 10.3. The zero-order valence-electron chi connectivity index (χ0n) is 4.07. The summed E-state index contributed by atoms with van der Waals surface area (Å²) >= 11 is 0. The minimum atomic E-state index is 0.0301. The van der Waals surface area contributed by atoms with E-state index < -0.39 is 0 Å². The molecule has 0 aliphatic heterocycles. The van der Waals surface area contributed by atoms with E-state index in [1.807, 2.05) is 6.92 Å². The Morgan fingerprint density at radius 2 is 2.50 bits per heavy atom. The molecule has 0 aliphatic rings. The molecule has 0 aliphatic carbocycles. The highest BCUT2D eigenvalue weighted by Gasteiger charge is 1.83. The summed E-state index contributed by atoms with van der Waals surface area (Å²) in [6.45, 7) is 5.33. The Balaban J connectivity index is 2.81. The van der Waals surface area contributed by atoms with Gasteiger partial charge in [-0.25, -0.2) is 0 Å². The first kappa shape index (κ1) is 5.70. The van der Waals surface area contributed by atoms with E-state index in [0.29, 0.717) is 0 Å². The van der Waals surface area contributed by atoms with Crippen molar-refractivity contribution in [3.05, 3.63) is 12.7 Å². The number of hydrogen-bond acceptors (Lipinski definition) is 0. The molecule has 0 aromatic rings. The molecule has 1 N–H and O–H groups in total. The average Bonchev–Trinajstić information content (AvgIpc) is 1.35. The summed E-state index contributed by atoms with van der Waals surface area (Å²) < 4.78 is 0. The van der Waals surface area contributed by atoms with Crippen molar-refractivity contribution in [3.8, 4) is 0 Å². The summed E-state index contributed by atoms with van der Waals surface area (Å²) in [5.41, 5.74) is 6.91. The van der Waals surface area contributed by atoms with E-state index in [2.05, 4.69) is 6.58 Å². The van der Waals surface area contributed by atoms with Gasteiger partial charge in [-0.3, -0.25) is 5.73 Å². The molecule has 1 nitrogen and oxygen atoms in total. The van der Waals surface area contributed by atoms with Crippen molar-refractivity contribution < 1.29 is 0 Å². The number of hydrogen-bond donors (Lipinski definition) is 0. The first-order valence-corrected chi connectivity index (χ1v) is 2.09. The Bertz CT molecular complexity index is 39.2. The average molecular weight is 84.1 g/mol. The summed E-state index contributed by atoms with van der Waals surface area (Å²) in [7, 11) is 0. The topological polar surface area (TPSA) is 23.8 Å². The summed E-state index contributed by atoms with van der Waals surface area (Å²) in [5.74, 6) is 0. The largest absolute Gasteiger partial charge is 0.254 e. The predicted molar refractivity (Wildman–Crippen MR) is 27.4 cm³/mol. The van der Waals surface area contributed by atoms with Crippen molar-refractivity contribution in [2.45, 2.75) is 19.4 Å². The second-order valence-electron chi connectivity index (χ2n) is 1.43. The monoisotopic (exact) mass is 84.1 g/mol. The standard InChI is InChI=1S/C5H10N/c1-3-4-5(2)6/h3,5-6H,1,4H2,2H3. The Labute approximate surface area is 38.8 Å². The van der Waals surface area contributed by atoms with Gasteiger partial charge in [0.05, 0.1) is 0 Å². The second kappa shape index (κ2) is 2.91. The van der Waals surface area contributed by atoms with E-state index in [9.17, 15) is 0 Å². The van der Waals surface area contributed by atoms with Crippen LogP contribution in [0, 0.1) is 0 Å². The van der Waals surface area contributed by atoms with E-state index in [-0.39, 0.29) is 6.04 Å². The molecule has 0 saturated carbocycles. The van der Waals surface area contributed by atoms with Crippen LogP contribution in [0.15, 0.2) is 12.7 Å². The van der Waals surface area contributed by atoms with Crippen molar-refractivity contribution in [1.29, 1.82) is 0 Å². The molecule has 35 valence electrons. The van der Waals surface area contributed by atoms with Crippen LogP contribution in [-0.4, -0.2) is 6.04 Å². The van der Waals surface area contributed by atoms with Gasteiger partial charge in [-0.2, -0.15) is 0 Å². The molecular formula is C5H10N. The van der Waals surface area contributed by atoms with Crippen LogP contribution in [0.25, 0.3) is 0 Å². The van der Waals surface area contributed by atoms with Crippen LogP contribution in [0.2, 0.25) is 0 Å². The molecule has 0 aromatic heterocycles. The summed E-state index contributed by atoms with van der Waals surface area (Å²) in [4.78, 5) is 0. The normalized spacial score (nSPS) is 13.7. The van der Waals surface area contributed by atoms with Gasteiger partial charge in [-0.05, 0) is 13.3 Å². The molecule has 6 heavy (non-hydrogen) atoms. The van der Waals surface area contributed by atoms with Crippen LogP contribution in [0.5, 0.6) is 0 Å². The van der Waals surface area contributed by atoms with Crippen LogP contribution < -0.4 is 5.73 Å². The Morgan fingerprint density at radius 3 is 2.50 bits per heavy atom. The maximum Gasteiger partial charge on any atom is 0.0219 e. The van der Waals surface area contributed by atoms with Crippen molar-refractivity contribution in [3.63, 3.8) is 0 Å². The summed E-state index contributed by atoms with van der Waals surface area (Å²) in [6.07, 6.45) is 2.57. The first-order valence-electron chi connectivity index (χ1n) is 2.09. The predicted octanol–water partition coefficient (Wildman–Crippen LogP) is 1.23. The van der Waals surface area contributed by atoms with Gasteiger partial charge >= 0.3 is 0 Å². The second-order valence-corrected chi connectivity index (χ2v) is 1.43. The molecule has 1 radical (unpaired) electrons. The van der Waals surface area contributed by atoms with E-state index >= 15 is 0 Å². The van der Waals surface area contributed by atoms with Gasteiger partial charge in [0.2, 0.25) is 0 Å². The fraction of sp³-hybridized carbons (Fsp3) is 0.600. The quantitative estimate of drug-likeness (QED) is 0.449. The van der Waals surface area contributed by atoms with E-state index in [4.69, 9.17) is 5.73 Å². The van der Waals surface area contributed by atoms with Crippen LogP contribution in [0.4, 0.5) is 0 Å². The molecule has 0 heterocycles. The molecule has 0 bridgehead atoms. The van der Waals surface area contributed by atoms with Gasteiger partial charge in [-0.15, -0.1) is 6.58 Å². The Kier molecular flexibility index (Phi) is 2.77. The van der Waals surface area contributed by atoms with Crippen LogP contribution >= 0.6 is 0 Å². The van der Waals surface area contributed by atoms with E-state index in [0.717, 1.165) is 6.42 Å². The molecule has 1 unspecified atom stereocenters. The minimum Gasteiger partial charge on any atom is -0.254 e. The van der Waals surface area contributed by atoms with Crippen LogP contribution in [-0.2, 0) is 0 Å². The van der Waals surface area contributed by atoms with Crippen LogP contribution in [0.1, 0.15) is 13.3 Å². The molecular weight excluding hydrogens is 74.1 g/mol. The van der Waals surface area contributed by atoms with Crippen molar-refractivity contribution in [1.82, 2.24) is 5.73 Å². The number of nitrogens with one attached hydrogen (secondary N) is 1. The highest BCUT2D eigenvalue weighted by Crippen LogP contribution is 1.84. The molecule has 0 fully saturated rings. The zero-order valence-corrected chi connectivity index (χ0v) is 4.07. The van der Waals surface area contributed by atoms with Gasteiger partial charge < -0.3 is 0 Å². The minimum absolute atomic E-state index is 0.0301. The van der Waals surface area contributed by atoms with Crippen molar-refractivity contribution in [2.75, 3.05) is 0 Å². The molecule has 0 saturated heterocycles. The molecule has 0 aromatic carbocycles. The van der Waals surface area contributed by atoms with Gasteiger partial charge in [0, 0.05) is 6.04 Å². The maximum absolute atomic E-state index is 6.91. The Hall–Kier alpha value is -0.300. The van der Waals surface area contributed by atoms with Gasteiger partial charge in [0.1, 0.15) is 0 Å². The van der Waals surface area contributed by atoms with Crippen LogP contribution in [0.3, 0.4) is 0 Å². The van der Waals surface area contributed by atoms with Crippen molar-refractivity contribution in [2.24, 2.45) is 0 Å². The smallest absolute Gasteiger partial charge is 0.0219 e. The fourth-order valence-corrected chi connectivity index (χ4v) is 0.250. The lowest BCUT2D eigenvalue weighted by Crippen LogP contribution is -1.97. The molecule has 0 spiro atoms. The summed E-state index contributed by atoms with van der Waals surface area (Å²) in [6, 6.07) is 0.0301. The molecule has 1 heteroatoms. The number of rotatable bonds is 2. The maximum atomic E-state index is 6.91. The Morgan fingerprint density at radius 1 is 2.00 bits per heavy atom. The van der Waals surface area contributed by atoms with Gasteiger partial charge in [0.25, 0.3) is 0 Å². The third-order valence-electron chi connectivity index (χ3n) is 0.520. The first-order chi connectivity index (χ1) is 2.77. The molecule has 0 rings (SSSR count). The molecule has 1 atom stereocenters. The van der Waals surface area contributed by atoms with E-state index in [1.54, 1.807) is 6.08 Å². The third-order valence-corrected chi connectivity index (χ3v) is 0.520. The highest BCUT2D eigenvalue weighted by atomic mass is 14.6. The molecule has 0 amide bonds. The zero-order chi connectivity index (χ0) is 4.99. The lowest BCUT2D eigenvalue weighted by Gasteiger charge is -1.91. The third kappa shape index (κ3) is 3.70. The van der Waals surface area contributed by atoms with Gasteiger partial charge in [-0.1, -0.05) is 6.08 Å². The SMILES string of the molecule is C=CCC(C)[NH]. The van der Waals surface area contributed by atoms with Gasteiger partial charge in [0.15, 0.2) is 0 Å². The fourth-order valence-electron chi connectivity index (χ4n) is 0.250. The van der Waals surface area contributed by atoms with E-state index in [1.165, 1.54) is 0 Å². The highest BCUT2D eigenvalue weighted by molar-refractivity contribution is 4.70.